The molecule has 3 aromatic rings. The predicted molar refractivity (Wildman–Crippen MR) is 155 cm³/mol. The summed E-state index contributed by atoms with van der Waals surface area (Å²) in [6.07, 6.45) is 11.1. The fourth-order valence-corrected chi connectivity index (χ4v) is 10.2. The maximum absolute atomic E-state index is 13.2. The SMILES string of the molecule is CC(C=CC1=C(C)CCCC1(C)C)=CCP(O)(c1ccccc1)(c1ccccc1)c1ccccc1. The Morgan fingerprint density at radius 1 is 0.829 bits per heavy atom. The van der Waals surface area contributed by atoms with Crippen LogP contribution in [0.15, 0.2) is 126 Å². The molecule has 0 radical (unpaired) electrons. The van der Waals surface area contributed by atoms with E-state index in [0.717, 1.165) is 15.9 Å². The van der Waals surface area contributed by atoms with Crippen molar-refractivity contribution >= 4 is 22.7 Å². The first-order valence-corrected chi connectivity index (χ1v) is 15.1. The first-order valence-electron chi connectivity index (χ1n) is 12.7. The van der Waals surface area contributed by atoms with Crippen LogP contribution in [0.1, 0.15) is 47.0 Å². The fraction of sp³-hybridized carbons (Fsp3) is 0.273. The maximum atomic E-state index is 13.2. The first-order chi connectivity index (χ1) is 16.8. The van der Waals surface area contributed by atoms with Gasteiger partial charge >= 0.3 is 212 Å². The Morgan fingerprint density at radius 2 is 1.29 bits per heavy atom. The molecule has 1 aliphatic carbocycles. The Hall–Kier alpha value is -2.73. The Labute approximate surface area is 211 Å². The van der Waals surface area contributed by atoms with E-state index in [4.69, 9.17) is 0 Å². The van der Waals surface area contributed by atoms with E-state index in [1.54, 1.807) is 0 Å². The molecule has 35 heavy (non-hydrogen) atoms. The van der Waals surface area contributed by atoms with Gasteiger partial charge in [0.15, 0.2) is 0 Å². The van der Waals surface area contributed by atoms with E-state index in [0.29, 0.717) is 6.16 Å². The first kappa shape index (κ1) is 25.4. The predicted octanol–water partition coefficient (Wildman–Crippen LogP) is 7.45. The number of hydrogen-bond donors (Lipinski definition) is 1. The van der Waals surface area contributed by atoms with Crippen molar-refractivity contribution in [1.29, 1.82) is 0 Å². The molecule has 0 aromatic heterocycles. The van der Waals surface area contributed by atoms with Gasteiger partial charge in [0.2, 0.25) is 0 Å². The van der Waals surface area contributed by atoms with Crippen molar-refractivity contribution in [3.8, 4) is 0 Å². The van der Waals surface area contributed by atoms with Gasteiger partial charge in [-0.2, -0.15) is 0 Å². The molecule has 1 aliphatic rings. The van der Waals surface area contributed by atoms with Gasteiger partial charge < -0.3 is 0 Å². The molecule has 3 aromatic carbocycles. The molecule has 0 bridgehead atoms. The Morgan fingerprint density at radius 3 is 1.71 bits per heavy atom. The summed E-state index contributed by atoms with van der Waals surface area (Å²) in [4.78, 5) is 13.2. The van der Waals surface area contributed by atoms with Gasteiger partial charge in [-0.3, -0.25) is 0 Å². The quantitative estimate of drug-likeness (QED) is 0.274. The molecule has 0 unspecified atom stereocenters. The molecule has 182 valence electrons. The molecule has 2 heteroatoms. The van der Waals surface area contributed by atoms with Gasteiger partial charge in [0.1, 0.15) is 0 Å². The van der Waals surface area contributed by atoms with Crippen LogP contribution in [0, 0.1) is 5.41 Å². The second-order valence-electron chi connectivity index (χ2n) is 10.7. The summed E-state index contributed by atoms with van der Waals surface area (Å²) in [6, 6.07) is 30.8. The third kappa shape index (κ3) is 4.86. The summed E-state index contributed by atoms with van der Waals surface area (Å²) >= 11 is 0. The summed E-state index contributed by atoms with van der Waals surface area (Å²) in [5.41, 5.74) is 4.36. The molecular weight excluding hydrogens is 443 g/mol. The van der Waals surface area contributed by atoms with Crippen molar-refractivity contribution < 1.29 is 4.89 Å². The summed E-state index contributed by atoms with van der Waals surface area (Å²) in [7, 11) is 0. The molecule has 0 spiro atoms. The standard InChI is InChI=1S/C33H39OP/c1-27(22-23-32-28(2)15-14-25-33(32,3)4)24-26-35(34,29-16-8-5-9-17-29,30-18-10-6-11-19-30)31-20-12-7-13-21-31/h5-13,16-24,34H,14-15,25-26H2,1-4H3. The average molecular weight is 483 g/mol. The minimum atomic E-state index is -3.74. The topological polar surface area (TPSA) is 20.2 Å². The normalized spacial score (nSPS) is 17.9. The van der Waals surface area contributed by atoms with Crippen molar-refractivity contribution in [2.75, 3.05) is 6.16 Å². The molecule has 1 N–H and O–H groups in total. The van der Waals surface area contributed by atoms with Crippen molar-refractivity contribution in [2.45, 2.75) is 47.0 Å². The molecular formula is C33H39OP. The molecule has 0 atom stereocenters. The number of rotatable bonds is 7. The molecule has 0 saturated heterocycles. The number of benzene rings is 3. The van der Waals surface area contributed by atoms with Crippen LogP contribution in [0.25, 0.3) is 0 Å². The van der Waals surface area contributed by atoms with Gasteiger partial charge in [0.05, 0.1) is 0 Å². The van der Waals surface area contributed by atoms with E-state index in [9.17, 15) is 4.89 Å². The van der Waals surface area contributed by atoms with E-state index in [1.807, 2.05) is 54.6 Å². The van der Waals surface area contributed by atoms with Crippen molar-refractivity contribution in [1.82, 2.24) is 0 Å². The van der Waals surface area contributed by atoms with Gasteiger partial charge in [0.25, 0.3) is 0 Å². The minimum absolute atomic E-state index is 0.216. The van der Waals surface area contributed by atoms with Crippen molar-refractivity contribution in [3.05, 3.63) is 126 Å². The molecule has 0 heterocycles. The summed E-state index contributed by atoms with van der Waals surface area (Å²) in [5.74, 6) is 0. The van der Waals surface area contributed by atoms with Gasteiger partial charge in [0, 0.05) is 0 Å². The van der Waals surface area contributed by atoms with Gasteiger partial charge in [-0.25, -0.2) is 0 Å². The molecule has 1 nitrogen and oxygen atoms in total. The van der Waals surface area contributed by atoms with Crippen LogP contribution >= 0.6 is 6.83 Å². The van der Waals surface area contributed by atoms with Crippen LogP contribution in [0.4, 0.5) is 0 Å². The Kier molecular flexibility index (Phi) is 7.32. The second kappa shape index (κ2) is 10.1. The molecule has 0 saturated carbocycles. The van der Waals surface area contributed by atoms with Crippen LogP contribution in [0.5, 0.6) is 0 Å². The van der Waals surface area contributed by atoms with Crippen LogP contribution in [0.3, 0.4) is 0 Å². The Bertz CT molecular complexity index is 1130. The fourth-order valence-electron chi connectivity index (χ4n) is 5.63. The summed E-state index contributed by atoms with van der Waals surface area (Å²) in [5, 5.41) is 2.99. The van der Waals surface area contributed by atoms with E-state index in [2.05, 4.69) is 82.3 Å². The molecule has 4 rings (SSSR count). The van der Waals surface area contributed by atoms with Crippen molar-refractivity contribution in [3.63, 3.8) is 0 Å². The third-order valence-corrected chi connectivity index (χ3v) is 12.9. The van der Waals surface area contributed by atoms with E-state index in [1.165, 1.54) is 36.0 Å². The van der Waals surface area contributed by atoms with Crippen LogP contribution < -0.4 is 15.9 Å². The van der Waals surface area contributed by atoms with Gasteiger partial charge in [-0.15, -0.1) is 0 Å². The van der Waals surface area contributed by atoms with Crippen LogP contribution in [-0.4, -0.2) is 11.1 Å². The average Bonchev–Trinajstić information content (AvgIpc) is 2.88. The zero-order valence-corrected chi connectivity index (χ0v) is 22.5. The summed E-state index contributed by atoms with van der Waals surface area (Å²) < 4.78 is 0. The van der Waals surface area contributed by atoms with E-state index < -0.39 is 6.83 Å². The number of allylic oxidation sites excluding steroid dienone is 6. The molecule has 0 fully saturated rings. The van der Waals surface area contributed by atoms with Crippen LogP contribution in [-0.2, 0) is 0 Å². The monoisotopic (exact) mass is 482 g/mol. The second-order valence-corrected chi connectivity index (χ2v) is 15.1. The third-order valence-electron chi connectivity index (χ3n) is 7.76. The zero-order valence-electron chi connectivity index (χ0n) is 21.6. The van der Waals surface area contributed by atoms with Crippen molar-refractivity contribution in [2.24, 2.45) is 5.41 Å². The Balaban J connectivity index is 1.84. The van der Waals surface area contributed by atoms with Gasteiger partial charge in [-0.1, -0.05) is 0 Å². The molecule has 0 amide bonds. The zero-order chi connectivity index (χ0) is 25.0. The molecule has 0 aliphatic heterocycles. The van der Waals surface area contributed by atoms with E-state index in [-0.39, 0.29) is 5.41 Å². The summed E-state index contributed by atoms with van der Waals surface area (Å²) in [6.45, 7) is 5.41. The van der Waals surface area contributed by atoms with E-state index >= 15 is 0 Å². The number of hydrogen-bond acceptors (Lipinski definition) is 1. The van der Waals surface area contributed by atoms with Crippen LogP contribution in [0.2, 0.25) is 0 Å². The van der Waals surface area contributed by atoms with Gasteiger partial charge in [-0.05, 0) is 0 Å².